The monoisotopic (exact) mass is 264 g/mol. The molecule has 0 nitrogen and oxygen atoms in total. The van der Waals surface area contributed by atoms with Gasteiger partial charge in [0.15, 0.2) is 0 Å². The summed E-state index contributed by atoms with van der Waals surface area (Å²) in [4.78, 5) is 0.640. The van der Waals surface area contributed by atoms with Crippen LogP contribution in [0.4, 0.5) is 0 Å². The van der Waals surface area contributed by atoms with Gasteiger partial charge in [0.25, 0.3) is 0 Å². The summed E-state index contributed by atoms with van der Waals surface area (Å²) in [5, 5.41) is 0. The van der Waals surface area contributed by atoms with Crippen LogP contribution in [0.2, 0.25) is 0 Å². The summed E-state index contributed by atoms with van der Waals surface area (Å²) in [5.74, 6) is 1.62. The molecule has 3 unspecified atom stereocenters. The van der Waals surface area contributed by atoms with Crippen molar-refractivity contribution in [2.45, 2.75) is 36.9 Å². The minimum absolute atomic E-state index is 0.640. The summed E-state index contributed by atoms with van der Waals surface area (Å²) in [7, 11) is 0. The van der Waals surface area contributed by atoms with Crippen LogP contribution in [0.5, 0.6) is 0 Å². The summed E-state index contributed by atoms with van der Waals surface area (Å²) >= 11 is 3.87. The highest BCUT2D eigenvalue weighted by Crippen LogP contribution is 2.46. The average molecular weight is 265 g/mol. The van der Waals surface area contributed by atoms with Crippen molar-refractivity contribution in [3.05, 3.63) is 35.5 Å². The van der Waals surface area contributed by atoms with Gasteiger partial charge >= 0.3 is 0 Å². The van der Waals surface area contributed by atoms with E-state index >= 15 is 0 Å². The van der Waals surface area contributed by atoms with Crippen molar-refractivity contribution in [3.8, 4) is 0 Å². The van der Waals surface area contributed by atoms with Crippen LogP contribution in [0.1, 0.15) is 32.1 Å². The number of rotatable bonds is 0. The van der Waals surface area contributed by atoms with Gasteiger partial charge in [0.2, 0.25) is 0 Å². The van der Waals surface area contributed by atoms with Gasteiger partial charge in [0, 0.05) is 4.83 Å². The first kappa shape index (κ1) is 9.89. The second-order valence-electron chi connectivity index (χ2n) is 4.90. The predicted molar refractivity (Wildman–Crippen MR) is 68.1 cm³/mol. The molecule has 3 aliphatic carbocycles. The van der Waals surface area contributed by atoms with Gasteiger partial charge in [-0.15, -0.1) is 0 Å². The van der Waals surface area contributed by atoms with Gasteiger partial charge in [0.1, 0.15) is 0 Å². The molecule has 0 amide bonds. The van der Waals surface area contributed by atoms with E-state index in [0.717, 1.165) is 11.8 Å². The minimum atomic E-state index is 0.640. The number of hydrogen-bond donors (Lipinski definition) is 0. The summed E-state index contributed by atoms with van der Waals surface area (Å²) < 4.78 is 0. The standard InChI is InChI=1S/C14H17Br/c15-14-9-10-5-1-2-6-11(10)12-7-3-4-8-13(12)14/h1,3,5,7,10-11,14H,2,4,6,8-9H2. The number of halogens is 1. The molecule has 0 saturated heterocycles. The Morgan fingerprint density at radius 3 is 3.07 bits per heavy atom. The van der Waals surface area contributed by atoms with Gasteiger partial charge in [0.05, 0.1) is 0 Å². The quantitative estimate of drug-likeness (QED) is 0.450. The Labute approximate surface area is 100 Å². The van der Waals surface area contributed by atoms with Crippen molar-refractivity contribution in [3.63, 3.8) is 0 Å². The second-order valence-corrected chi connectivity index (χ2v) is 6.01. The van der Waals surface area contributed by atoms with Gasteiger partial charge in [-0.25, -0.2) is 0 Å². The van der Waals surface area contributed by atoms with Crippen molar-refractivity contribution >= 4 is 15.9 Å². The Morgan fingerprint density at radius 1 is 1.20 bits per heavy atom. The fraction of sp³-hybridized carbons (Fsp3) is 0.571. The molecule has 0 aliphatic heterocycles. The first-order chi connectivity index (χ1) is 7.36. The lowest BCUT2D eigenvalue weighted by Crippen LogP contribution is -2.29. The second kappa shape index (κ2) is 3.93. The molecule has 0 spiro atoms. The van der Waals surface area contributed by atoms with E-state index in [9.17, 15) is 0 Å². The maximum Gasteiger partial charge on any atom is 0.0366 e. The van der Waals surface area contributed by atoms with Crippen LogP contribution in [-0.4, -0.2) is 4.83 Å². The SMILES string of the molecule is BrC1CC2C=CCCC2C2=C1CCC=C2. The first-order valence-corrected chi connectivity index (χ1v) is 6.98. The van der Waals surface area contributed by atoms with E-state index in [1.807, 2.05) is 0 Å². The number of fused-ring (bicyclic) bond motifs is 2. The molecule has 80 valence electrons. The smallest absolute Gasteiger partial charge is 0.0366 e. The third kappa shape index (κ3) is 1.65. The maximum atomic E-state index is 3.87. The average Bonchev–Trinajstić information content (AvgIpc) is 2.30. The molecule has 0 bridgehead atoms. The lowest BCUT2D eigenvalue weighted by atomic mass is 9.69. The molecule has 0 N–H and O–H groups in total. The van der Waals surface area contributed by atoms with E-state index in [1.54, 1.807) is 11.1 Å². The Morgan fingerprint density at radius 2 is 2.13 bits per heavy atom. The van der Waals surface area contributed by atoms with Crippen LogP contribution < -0.4 is 0 Å². The van der Waals surface area contributed by atoms with Crippen LogP contribution in [0.3, 0.4) is 0 Å². The number of hydrogen-bond acceptors (Lipinski definition) is 0. The molecule has 0 aromatic heterocycles. The molecule has 0 radical (unpaired) electrons. The Balaban J connectivity index is 2.00. The summed E-state index contributed by atoms with van der Waals surface area (Å²) in [5.41, 5.74) is 3.37. The fourth-order valence-electron chi connectivity index (χ4n) is 3.30. The number of alkyl halides is 1. The molecule has 15 heavy (non-hydrogen) atoms. The lowest BCUT2D eigenvalue weighted by Gasteiger charge is -2.39. The van der Waals surface area contributed by atoms with E-state index in [4.69, 9.17) is 0 Å². The minimum Gasteiger partial charge on any atom is -0.0882 e. The van der Waals surface area contributed by atoms with Crippen molar-refractivity contribution < 1.29 is 0 Å². The van der Waals surface area contributed by atoms with E-state index in [2.05, 4.69) is 40.2 Å². The normalized spacial score (nSPS) is 38.9. The lowest BCUT2D eigenvalue weighted by molar-refractivity contribution is 0.369. The molecule has 0 aromatic carbocycles. The van der Waals surface area contributed by atoms with Crippen LogP contribution in [-0.2, 0) is 0 Å². The zero-order valence-corrected chi connectivity index (χ0v) is 10.5. The first-order valence-electron chi connectivity index (χ1n) is 6.06. The zero-order valence-electron chi connectivity index (χ0n) is 8.95. The Kier molecular flexibility index (Phi) is 2.59. The van der Waals surface area contributed by atoms with Gasteiger partial charge in [-0.3, -0.25) is 0 Å². The van der Waals surface area contributed by atoms with Crippen molar-refractivity contribution in [1.82, 2.24) is 0 Å². The third-order valence-corrected chi connectivity index (χ3v) is 4.98. The summed E-state index contributed by atoms with van der Waals surface area (Å²) in [6.45, 7) is 0. The molecule has 0 aromatic rings. The van der Waals surface area contributed by atoms with Crippen LogP contribution in [0.15, 0.2) is 35.5 Å². The van der Waals surface area contributed by atoms with E-state index in [1.165, 1.54) is 32.1 Å². The topological polar surface area (TPSA) is 0 Å². The molecule has 0 saturated carbocycles. The van der Waals surface area contributed by atoms with Gasteiger partial charge < -0.3 is 0 Å². The van der Waals surface area contributed by atoms with Crippen molar-refractivity contribution in [1.29, 1.82) is 0 Å². The number of allylic oxidation sites excluding steroid dienone is 6. The third-order valence-electron chi connectivity index (χ3n) is 4.05. The largest absolute Gasteiger partial charge is 0.0882 e. The molecule has 1 heteroatoms. The maximum absolute atomic E-state index is 3.87. The van der Waals surface area contributed by atoms with Gasteiger partial charge in [-0.1, -0.05) is 45.8 Å². The predicted octanol–water partition coefficient (Wildman–Crippen LogP) is 4.38. The van der Waals surface area contributed by atoms with Crippen molar-refractivity contribution in [2.24, 2.45) is 11.8 Å². The highest BCUT2D eigenvalue weighted by atomic mass is 79.9. The molecule has 3 rings (SSSR count). The van der Waals surface area contributed by atoms with Gasteiger partial charge in [-0.2, -0.15) is 0 Å². The zero-order chi connectivity index (χ0) is 10.3. The highest BCUT2D eigenvalue weighted by Gasteiger charge is 2.34. The van der Waals surface area contributed by atoms with Gasteiger partial charge in [-0.05, 0) is 49.5 Å². The van der Waals surface area contributed by atoms with Crippen LogP contribution in [0, 0.1) is 11.8 Å². The molecular weight excluding hydrogens is 248 g/mol. The molecular formula is C14H17Br. The van der Waals surface area contributed by atoms with E-state index in [-0.39, 0.29) is 0 Å². The summed E-state index contributed by atoms with van der Waals surface area (Å²) in [6, 6.07) is 0. The Bertz CT molecular complexity index is 348. The van der Waals surface area contributed by atoms with Crippen LogP contribution in [0.25, 0.3) is 0 Å². The summed E-state index contributed by atoms with van der Waals surface area (Å²) in [6.07, 6.45) is 16.1. The van der Waals surface area contributed by atoms with E-state index < -0.39 is 0 Å². The van der Waals surface area contributed by atoms with E-state index in [0.29, 0.717) is 4.83 Å². The molecule has 0 fully saturated rings. The molecule has 3 atom stereocenters. The highest BCUT2D eigenvalue weighted by molar-refractivity contribution is 9.09. The van der Waals surface area contributed by atoms with Crippen LogP contribution >= 0.6 is 15.9 Å². The van der Waals surface area contributed by atoms with Crippen molar-refractivity contribution in [2.75, 3.05) is 0 Å². The molecule has 3 aliphatic rings. The molecule has 0 heterocycles. The Hall–Kier alpha value is -0.300. The fourth-order valence-corrected chi connectivity index (χ4v) is 4.23.